The van der Waals surface area contributed by atoms with Crippen molar-refractivity contribution in [2.24, 2.45) is 0 Å². The van der Waals surface area contributed by atoms with E-state index in [0.29, 0.717) is 16.5 Å². The normalized spacial score (nSPS) is 10.9. The molecule has 0 saturated carbocycles. The number of halogens is 2. The van der Waals surface area contributed by atoms with E-state index in [4.69, 9.17) is 32.7 Å². The van der Waals surface area contributed by atoms with Gasteiger partial charge in [0, 0.05) is 11.6 Å². The van der Waals surface area contributed by atoms with Gasteiger partial charge in [-0.05, 0) is 48.5 Å². The van der Waals surface area contributed by atoms with Gasteiger partial charge in [0.05, 0.1) is 21.3 Å². The molecule has 2 N–H and O–H groups in total. The molecule has 0 spiro atoms. The number of rotatable bonds is 5. The van der Waals surface area contributed by atoms with E-state index in [2.05, 4.69) is 5.32 Å². The van der Waals surface area contributed by atoms with Crippen molar-refractivity contribution in [1.82, 2.24) is 0 Å². The Kier molecular flexibility index (Phi) is 5.64. The number of benzene rings is 2. The van der Waals surface area contributed by atoms with Crippen LogP contribution in [0.1, 0.15) is 16.1 Å². The number of carbonyl (C=O) groups is 2. The summed E-state index contributed by atoms with van der Waals surface area (Å²) in [6.07, 6.45) is 2.75. The predicted octanol–water partition coefficient (Wildman–Crippen LogP) is 5.60. The summed E-state index contributed by atoms with van der Waals surface area (Å²) < 4.78 is 5.67. The number of aromatic carboxylic acids is 1. The molecule has 1 amide bonds. The summed E-state index contributed by atoms with van der Waals surface area (Å²) in [5, 5.41) is 12.3. The Balaban J connectivity index is 1.72. The first kappa shape index (κ1) is 18.8. The number of anilines is 1. The van der Waals surface area contributed by atoms with Gasteiger partial charge >= 0.3 is 5.97 Å². The molecule has 0 aliphatic rings. The number of carboxylic acids is 1. The fourth-order valence-corrected chi connectivity index (χ4v) is 2.73. The molecule has 1 heterocycles. The van der Waals surface area contributed by atoms with Gasteiger partial charge in [0.1, 0.15) is 11.5 Å². The molecule has 0 bridgehead atoms. The summed E-state index contributed by atoms with van der Waals surface area (Å²) in [6.45, 7) is 0. The smallest absolute Gasteiger partial charge is 0.335 e. The van der Waals surface area contributed by atoms with Gasteiger partial charge in [0.15, 0.2) is 0 Å². The molecule has 0 saturated heterocycles. The summed E-state index contributed by atoms with van der Waals surface area (Å²) in [4.78, 5) is 23.1. The highest BCUT2D eigenvalue weighted by Crippen LogP contribution is 2.29. The monoisotopic (exact) mass is 401 g/mol. The molecule has 5 nitrogen and oxygen atoms in total. The second-order valence-electron chi connectivity index (χ2n) is 5.50. The lowest BCUT2D eigenvalue weighted by atomic mass is 10.2. The van der Waals surface area contributed by atoms with Crippen LogP contribution in [0.25, 0.3) is 17.4 Å². The Hall–Kier alpha value is -3.02. The van der Waals surface area contributed by atoms with Crippen LogP contribution in [-0.2, 0) is 4.79 Å². The lowest BCUT2D eigenvalue weighted by Gasteiger charge is -2.06. The number of carbonyl (C=O) groups excluding carboxylic acids is 1. The number of amides is 1. The number of carboxylic acid groups (broad SMARTS) is 1. The SMILES string of the molecule is O=C(/C=C/c1ccc(-c2ccccc2Cl)o1)Nc1cc(C(=O)O)ccc1Cl. The van der Waals surface area contributed by atoms with Crippen molar-refractivity contribution in [2.45, 2.75) is 0 Å². The van der Waals surface area contributed by atoms with Gasteiger partial charge in [-0.2, -0.15) is 0 Å². The van der Waals surface area contributed by atoms with E-state index < -0.39 is 11.9 Å². The van der Waals surface area contributed by atoms with E-state index in [1.807, 2.05) is 18.2 Å². The van der Waals surface area contributed by atoms with Gasteiger partial charge in [0.2, 0.25) is 5.91 Å². The van der Waals surface area contributed by atoms with Gasteiger partial charge in [-0.1, -0.05) is 35.3 Å². The van der Waals surface area contributed by atoms with E-state index in [0.717, 1.165) is 5.56 Å². The van der Waals surface area contributed by atoms with Gasteiger partial charge < -0.3 is 14.8 Å². The van der Waals surface area contributed by atoms with Gasteiger partial charge in [-0.25, -0.2) is 4.79 Å². The fourth-order valence-electron chi connectivity index (χ4n) is 2.33. The molecular formula is C20H13Cl2NO4. The molecule has 0 unspecified atom stereocenters. The minimum absolute atomic E-state index is 0.0223. The third-order valence-corrected chi connectivity index (χ3v) is 4.30. The Morgan fingerprint density at radius 2 is 1.78 bits per heavy atom. The van der Waals surface area contributed by atoms with Crippen molar-refractivity contribution >= 4 is 46.8 Å². The molecular weight excluding hydrogens is 389 g/mol. The average molecular weight is 402 g/mol. The fraction of sp³-hybridized carbons (Fsp3) is 0. The van der Waals surface area contributed by atoms with Crippen molar-refractivity contribution in [3.8, 4) is 11.3 Å². The van der Waals surface area contributed by atoms with Crippen LogP contribution in [0.4, 0.5) is 5.69 Å². The average Bonchev–Trinajstić information content (AvgIpc) is 3.11. The molecule has 0 atom stereocenters. The minimum atomic E-state index is -1.11. The second kappa shape index (κ2) is 8.12. The summed E-state index contributed by atoms with van der Waals surface area (Å²) in [7, 11) is 0. The van der Waals surface area contributed by atoms with Crippen LogP contribution in [-0.4, -0.2) is 17.0 Å². The lowest BCUT2D eigenvalue weighted by molar-refractivity contribution is -0.111. The Morgan fingerprint density at radius 1 is 1.00 bits per heavy atom. The van der Waals surface area contributed by atoms with Crippen LogP contribution in [0.15, 0.2) is 65.1 Å². The number of hydrogen-bond acceptors (Lipinski definition) is 3. The van der Waals surface area contributed by atoms with Crippen molar-refractivity contribution in [1.29, 1.82) is 0 Å². The van der Waals surface area contributed by atoms with Crippen molar-refractivity contribution in [3.05, 3.63) is 82.0 Å². The maximum atomic E-state index is 12.1. The molecule has 2 aromatic carbocycles. The van der Waals surface area contributed by atoms with E-state index in [9.17, 15) is 9.59 Å². The first-order valence-electron chi connectivity index (χ1n) is 7.80. The lowest BCUT2D eigenvalue weighted by Crippen LogP contribution is -2.09. The summed E-state index contributed by atoms with van der Waals surface area (Å²) in [6, 6.07) is 14.8. The number of furan rings is 1. The summed E-state index contributed by atoms with van der Waals surface area (Å²) in [5.74, 6) is -0.543. The van der Waals surface area contributed by atoms with E-state index in [1.165, 1.54) is 30.4 Å². The molecule has 7 heteroatoms. The highest BCUT2D eigenvalue weighted by molar-refractivity contribution is 6.34. The zero-order chi connectivity index (χ0) is 19.4. The van der Waals surface area contributed by atoms with E-state index in [1.54, 1.807) is 18.2 Å². The highest BCUT2D eigenvalue weighted by Gasteiger charge is 2.10. The third kappa shape index (κ3) is 4.58. The van der Waals surface area contributed by atoms with E-state index in [-0.39, 0.29) is 16.3 Å². The molecule has 3 rings (SSSR count). The molecule has 0 radical (unpaired) electrons. The number of nitrogens with one attached hydrogen (secondary N) is 1. The van der Waals surface area contributed by atoms with Crippen LogP contribution in [0.2, 0.25) is 10.0 Å². The largest absolute Gasteiger partial charge is 0.478 e. The second-order valence-corrected chi connectivity index (χ2v) is 6.32. The highest BCUT2D eigenvalue weighted by atomic mass is 35.5. The first-order chi connectivity index (χ1) is 12.9. The molecule has 0 fully saturated rings. The Morgan fingerprint density at radius 3 is 2.52 bits per heavy atom. The van der Waals surface area contributed by atoms with Gasteiger partial charge in [-0.3, -0.25) is 4.79 Å². The maximum Gasteiger partial charge on any atom is 0.335 e. The van der Waals surface area contributed by atoms with Crippen LogP contribution in [0, 0.1) is 0 Å². The molecule has 0 aliphatic heterocycles. The predicted molar refractivity (Wildman–Crippen MR) is 105 cm³/mol. The minimum Gasteiger partial charge on any atom is -0.478 e. The van der Waals surface area contributed by atoms with Crippen LogP contribution in [0.5, 0.6) is 0 Å². The first-order valence-corrected chi connectivity index (χ1v) is 8.56. The Labute approximate surface area is 164 Å². The van der Waals surface area contributed by atoms with E-state index >= 15 is 0 Å². The van der Waals surface area contributed by atoms with Crippen LogP contribution in [0.3, 0.4) is 0 Å². The summed E-state index contributed by atoms with van der Waals surface area (Å²) >= 11 is 12.1. The zero-order valence-electron chi connectivity index (χ0n) is 13.8. The quantitative estimate of drug-likeness (QED) is 0.544. The van der Waals surface area contributed by atoms with Crippen LogP contribution < -0.4 is 5.32 Å². The molecule has 136 valence electrons. The maximum absolute atomic E-state index is 12.1. The van der Waals surface area contributed by atoms with Crippen molar-refractivity contribution in [2.75, 3.05) is 5.32 Å². The standard InChI is InChI=1S/C20H13Cl2NO4/c21-15-4-2-1-3-14(15)18-9-6-13(27-18)7-10-19(24)23-17-11-12(20(25)26)5-8-16(17)22/h1-11H,(H,23,24)(H,25,26)/b10-7+. The number of hydrogen-bond donors (Lipinski definition) is 2. The summed E-state index contributed by atoms with van der Waals surface area (Å²) in [5.41, 5.74) is 0.983. The molecule has 3 aromatic rings. The third-order valence-electron chi connectivity index (χ3n) is 3.64. The van der Waals surface area contributed by atoms with Gasteiger partial charge in [0.25, 0.3) is 0 Å². The van der Waals surface area contributed by atoms with Crippen molar-refractivity contribution < 1.29 is 19.1 Å². The van der Waals surface area contributed by atoms with Gasteiger partial charge in [-0.15, -0.1) is 0 Å². The topological polar surface area (TPSA) is 79.5 Å². The Bertz CT molecular complexity index is 1040. The zero-order valence-corrected chi connectivity index (χ0v) is 15.3. The molecule has 0 aliphatic carbocycles. The molecule has 1 aromatic heterocycles. The van der Waals surface area contributed by atoms with Crippen molar-refractivity contribution in [3.63, 3.8) is 0 Å². The molecule has 27 heavy (non-hydrogen) atoms. The van der Waals surface area contributed by atoms with Crippen LogP contribution >= 0.6 is 23.2 Å².